The monoisotopic (exact) mass is 588 g/mol. The Kier molecular flexibility index (Phi) is 6.82. The number of rotatable bonds is 6. The van der Waals surface area contributed by atoms with Crippen LogP contribution in [0.25, 0.3) is 27.9 Å². The third-order valence-corrected chi connectivity index (χ3v) is 8.66. The summed E-state index contributed by atoms with van der Waals surface area (Å²) in [7, 11) is 1.68. The highest BCUT2D eigenvalue weighted by Gasteiger charge is 2.34. The van der Waals surface area contributed by atoms with E-state index in [9.17, 15) is 19.1 Å². The van der Waals surface area contributed by atoms with Crippen molar-refractivity contribution in [3.05, 3.63) is 75.1 Å². The summed E-state index contributed by atoms with van der Waals surface area (Å²) in [4.78, 5) is 38.8. The molecule has 10 nitrogen and oxygen atoms in total. The van der Waals surface area contributed by atoms with E-state index < -0.39 is 28.7 Å². The molecule has 0 unspecified atom stereocenters. The molecule has 0 amide bonds. The molecule has 5 heterocycles. The van der Waals surface area contributed by atoms with Gasteiger partial charge in [0.05, 0.1) is 24.6 Å². The fourth-order valence-electron chi connectivity index (χ4n) is 6.58. The van der Waals surface area contributed by atoms with Crippen molar-refractivity contribution in [1.82, 2.24) is 19.3 Å². The number of morpholine rings is 1. The highest BCUT2D eigenvalue weighted by molar-refractivity contribution is 5.97. The molecular formula is C31H30F2N6O4. The van der Waals surface area contributed by atoms with E-state index in [0.717, 1.165) is 43.4 Å². The van der Waals surface area contributed by atoms with Crippen LogP contribution in [-0.4, -0.2) is 76.8 Å². The number of nitrogens with zero attached hydrogens (tertiary/aromatic N) is 5. The summed E-state index contributed by atoms with van der Waals surface area (Å²) in [6, 6.07) is 3.12. The van der Waals surface area contributed by atoms with Crippen LogP contribution >= 0.6 is 0 Å². The Labute approximate surface area is 245 Å². The first kappa shape index (κ1) is 27.4. The molecule has 1 aliphatic carbocycles. The smallest absolute Gasteiger partial charge is 0.342 e. The second-order valence-corrected chi connectivity index (χ2v) is 11.2. The number of pyridine rings is 2. The van der Waals surface area contributed by atoms with Gasteiger partial charge in [0.1, 0.15) is 11.2 Å². The molecule has 1 aromatic carbocycles. The maximum Gasteiger partial charge on any atom is 0.342 e. The number of hydrogen-bond donors (Lipinski definition) is 2. The second kappa shape index (κ2) is 10.7. The molecule has 12 heteroatoms. The molecule has 2 aliphatic heterocycles. The van der Waals surface area contributed by atoms with Crippen LogP contribution in [0.5, 0.6) is 0 Å². The van der Waals surface area contributed by atoms with Gasteiger partial charge in [-0.2, -0.15) is 0 Å². The van der Waals surface area contributed by atoms with Crippen molar-refractivity contribution in [2.45, 2.75) is 25.8 Å². The van der Waals surface area contributed by atoms with Crippen molar-refractivity contribution in [2.24, 2.45) is 0 Å². The molecular weight excluding hydrogens is 558 g/mol. The second-order valence-electron chi connectivity index (χ2n) is 11.2. The van der Waals surface area contributed by atoms with E-state index in [-0.39, 0.29) is 5.56 Å². The van der Waals surface area contributed by atoms with Gasteiger partial charge in [-0.05, 0) is 24.5 Å². The summed E-state index contributed by atoms with van der Waals surface area (Å²) in [5.74, 6) is -3.21. The zero-order chi connectivity index (χ0) is 29.8. The number of carboxylic acid groups (broad SMARTS) is 1. The van der Waals surface area contributed by atoms with Gasteiger partial charge in [0.15, 0.2) is 11.6 Å². The van der Waals surface area contributed by atoms with Crippen LogP contribution < -0.4 is 15.8 Å². The zero-order valence-electron chi connectivity index (χ0n) is 23.6. The molecule has 222 valence electrons. The van der Waals surface area contributed by atoms with E-state index in [1.54, 1.807) is 19.4 Å². The number of ether oxygens (including phenoxy) is 1. The molecule has 4 aromatic rings. The maximum atomic E-state index is 15.6. The lowest BCUT2D eigenvalue weighted by molar-refractivity contribution is 0.0343. The van der Waals surface area contributed by atoms with Gasteiger partial charge in [-0.25, -0.2) is 18.6 Å². The van der Waals surface area contributed by atoms with Crippen molar-refractivity contribution in [3.63, 3.8) is 0 Å². The Bertz CT molecular complexity index is 1850. The molecule has 0 radical (unpaired) electrons. The Hall–Kier alpha value is -4.42. The Morgan fingerprint density at radius 3 is 2.56 bits per heavy atom. The number of aromatic carboxylic acids is 1. The molecule has 0 atom stereocenters. The van der Waals surface area contributed by atoms with E-state index in [1.807, 2.05) is 6.07 Å². The first-order chi connectivity index (χ1) is 20.9. The third-order valence-electron chi connectivity index (χ3n) is 8.66. The van der Waals surface area contributed by atoms with Gasteiger partial charge in [-0.3, -0.25) is 19.1 Å². The largest absolute Gasteiger partial charge is 0.477 e. The highest BCUT2D eigenvalue weighted by atomic mass is 19.2. The number of carboxylic acids is 1. The van der Waals surface area contributed by atoms with E-state index in [4.69, 9.17) is 9.72 Å². The lowest BCUT2D eigenvalue weighted by atomic mass is 9.96. The first-order valence-corrected chi connectivity index (χ1v) is 14.4. The molecule has 3 aliphatic rings. The fourth-order valence-corrected chi connectivity index (χ4v) is 6.58. The van der Waals surface area contributed by atoms with E-state index in [0.29, 0.717) is 78.6 Å². The van der Waals surface area contributed by atoms with Crippen LogP contribution in [0.3, 0.4) is 0 Å². The van der Waals surface area contributed by atoms with Crippen molar-refractivity contribution < 1.29 is 23.4 Å². The predicted octanol–water partition coefficient (Wildman–Crippen LogP) is 3.78. The third kappa shape index (κ3) is 4.52. The van der Waals surface area contributed by atoms with Crippen molar-refractivity contribution in [2.75, 3.05) is 56.7 Å². The van der Waals surface area contributed by atoms with Gasteiger partial charge < -0.3 is 20.1 Å². The number of hydrogen-bond acceptors (Lipinski definition) is 8. The molecule has 0 bridgehead atoms. The molecule has 2 N–H and O–H groups in total. The summed E-state index contributed by atoms with van der Waals surface area (Å²) in [6.45, 7) is 4.48. The normalized spacial score (nSPS) is 16.5. The number of benzene rings is 1. The molecule has 7 rings (SSSR count). The number of nitrogens with one attached hydrogen (secondary N) is 1. The summed E-state index contributed by atoms with van der Waals surface area (Å²) in [5, 5.41) is 12.7. The Balaban J connectivity index is 1.50. The van der Waals surface area contributed by atoms with Crippen LogP contribution in [0.1, 0.15) is 40.0 Å². The standard InChI is InChI=1S/C31H30F2N6O4/c1-34-23-12-22(32)27(33)25-19(23)11-24-26(25)28(38-4-2-3-5-38)20(13-35-24)17-10-18(15-37-6-8-43-9-7-37)29-36-14-21(31(41)42)30(40)39(29)16-17/h10,12-14,16,34H,2-9,11,15H2,1H3,(H,41,42). The fraction of sp³-hybridized carbons (Fsp3) is 0.355. The van der Waals surface area contributed by atoms with E-state index in [2.05, 4.69) is 20.1 Å². The highest BCUT2D eigenvalue weighted by Crippen LogP contribution is 2.50. The average molecular weight is 589 g/mol. The van der Waals surface area contributed by atoms with Crippen LogP contribution in [0.15, 0.2) is 35.5 Å². The Morgan fingerprint density at radius 1 is 1.07 bits per heavy atom. The van der Waals surface area contributed by atoms with Gasteiger partial charge in [0, 0.05) is 104 Å². The van der Waals surface area contributed by atoms with Gasteiger partial charge in [-0.15, -0.1) is 0 Å². The minimum absolute atomic E-state index is 0.205. The van der Waals surface area contributed by atoms with Crippen LogP contribution in [0, 0.1) is 11.6 Å². The SMILES string of the molecule is CNc1cc(F)c(F)c2c1Cc1ncc(-c3cc(CN4CCOCC4)c4ncc(C(=O)O)c(=O)n4c3)c(N3CCCC3)c1-2. The number of fused-ring (bicyclic) bond motifs is 4. The van der Waals surface area contributed by atoms with Crippen molar-refractivity contribution in [3.8, 4) is 22.3 Å². The topological polar surface area (TPSA) is 112 Å². The summed E-state index contributed by atoms with van der Waals surface area (Å²) in [5.41, 5.74) is 4.54. The molecule has 0 spiro atoms. The van der Waals surface area contributed by atoms with Gasteiger partial charge in [0.25, 0.3) is 5.56 Å². The maximum absolute atomic E-state index is 15.6. The van der Waals surface area contributed by atoms with Crippen LogP contribution in [-0.2, 0) is 17.7 Å². The van der Waals surface area contributed by atoms with Gasteiger partial charge >= 0.3 is 5.97 Å². The lowest BCUT2D eigenvalue weighted by Crippen LogP contribution is -2.36. The van der Waals surface area contributed by atoms with Crippen molar-refractivity contribution >= 4 is 23.0 Å². The average Bonchev–Trinajstić information content (AvgIpc) is 3.68. The van der Waals surface area contributed by atoms with Gasteiger partial charge in [0.2, 0.25) is 0 Å². The van der Waals surface area contributed by atoms with E-state index in [1.165, 1.54) is 10.5 Å². The van der Waals surface area contributed by atoms with Crippen LogP contribution in [0.4, 0.5) is 20.2 Å². The Morgan fingerprint density at radius 2 is 1.84 bits per heavy atom. The van der Waals surface area contributed by atoms with Gasteiger partial charge in [-0.1, -0.05) is 0 Å². The number of halogens is 2. The lowest BCUT2D eigenvalue weighted by Gasteiger charge is -2.28. The predicted molar refractivity (Wildman–Crippen MR) is 157 cm³/mol. The molecule has 2 saturated heterocycles. The molecule has 2 fully saturated rings. The molecule has 0 saturated carbocycles. The quantitative estimate of drug-likeness (QED) is 0.306. The number of aromatic nitrogens is 3. The van der Waals surface area contributed by atoms with E-state index >= 15 is 4.39 Å². The molecule has 43 heavy (non-hydrogen) atoms. The number of anilines is 2. The summed E-state index contributed by atoms with van der Waals surface area (Å²) >= 11 is 0. The zero-order valence-corrected chi connectivity index (χ0v) is 23.6. The van der Waals surface area contributed by atoms with Crippen molar-refractivity contribution in [1.29, 1.82) is 0 Å². The number of carbonyl (C=O) groups is 1. The first-order valence-electron chi connectivity index (χ1n) is 14.4. The van der Waals surface area contributed by atoms with Crippen LogP contribution in [0.2, 0.25) is 0 Å². The minimum Gasteiger partial charge on any atom is -0.477 e. The summed E-state index contributed by atoms with van der Waals surface area (Å²) < 4.78 is 37.3. The summed E-state index contributed by atoms with van der Waals surface area (Å²) in [6.07, 6.45) is 6.65. The minimum atomic E-state index is -1.36. The molecule has 3 aromatic heterocycles.